The molecule has 2 aromatic rings. The summed E-state index contributed by atoms with van der Waals surface area (Å²) in [5, 5.41) is 0.728. The zero-order valence-corrected chi connectivity index (χ0v) is 15.4. The monoisotopic (exact) mass is 357 g/mol. The molecule has 5 heteroatoms. The molecular weight excluding hydrogens is 334 g/mol. The smallest absolute Gasteiger partial charge is 0.223 e. The number of carbonyl (C=O) groups excluding carboxylic acids is 1. The van der Waals surface area contributed by atoms with Gasteiger partial charge in [0.05, 0.1) is 5.69 Å². The van der Waals surface area contributed by atoms with Gasteiger partial charge in [-0.05, 0) is 31.4 Å². The number of nitrogens with one attached hydrogen (secondary N) is 1. The van der Waals surface area contributed by atoms with Crippen molar-refractivity contribution in [2.75, 3.05) is 6.54 Å². The highest BCUT2D eigenvalue weighted by molar-refractivity contribution is 6.30. The summed E-state index contributed by atoms with van der Waals surface area (Å²) < 4.78 is 0. The van der Waals surface area contributed by atoms with E-state index in [9.17, 15) is 4.79 Å². The molecule has 1 saturated carbocycles. The van der Waals surface area contributed by atoms with Gasteiger partial charge in [-0.25, -0.2) is 4.98 Å². The van der Waals surface area contributed by atoms with Crippen LogP contribution < -0.4 is 0 Å². The molecule has 1 aliphatic heterocycles. The average Bonchev–Trinajstić information content (AvgIpc) is 3.34. The van der Waals surface area contributed by atoms with Crippen LogP contribution >= 0.6 is 11.6 Å². The normalized spacial score (nSPS) is 21.4. The van der Waals surface area contributed by atoms with Gasteiger partial charge >= 0.3 is 0 Å². The summed E-state index contributed by atoms with van der Waals surface area (Å²) in [6, 6.07) is 8.25. The van der Waals surface area contributed by atoms with Gasteiger partial charge in [-0.1, -0.05) is 43.5 Å². The molecule has 1 aromatic heterocycles. The van der Waals surface area contributed by atoms with E-state index in [1.54, 1.807) is 0 Å². The van der Waals surface area contributed by atoms with Crippen LogP contribution in [0.25, 0.3) is 11.3 Å². The molecule has 1 saturated heterocycles. The Morgan fingerprint density at radius 3 is 2.64 bits per heavy atom. The van der Waals surface area contributed by atoms with Gasteiger partial charge in [0.25, 0.3) is 0 Å². The first-order chi connectivity index (χ1) is 12.2. The van der Waals surface area contributed by atoms with E-state index in [1.165, 1.54) is 12.8 Å². The van der Waals surface area contributed by atoms with E-state index in [2.05, 4.69) is 16.8 Å². The number of carbonyl (C=O) groups is 1. The van der Waals surface area contributed by atoms with Crippen LogP contribution in [0.2, 0.25) is 5.02 Å². The van der Waals surface area contributed by atoms with E-state index >= 15 is 0 Å². The maximum atomic E-state index is 12.5. The van der Waals surface area contributed by atoms with Crippen molar-refractivity contribution in [1.82, 2.24) is 14.9 Å². The van der Waals surface area contributed by atoms with Gasteiger partial charge in [0.2, 0.25) is 5.91 Å². The van der Waals surface area contributed by atoms with Crippen LogP contribution in [-0.4, -0.2) is 33.4 Å². The molecule has 0 bridgehead atoms. The minimum atomic E-state index is 0.180. The Hall–Kier alpha value is -1.81. The SMILES string of the molecule is CCc1[nH]c([C@@H]2CC(=O)N(C3CCCC3)C2)nc1-c1ccc(Cl)cc1. The van der Waals surface area contributed by atoms with E-state index in [-0.39, 0.29) is 5.92 Å². The number of benzene rings is 1. The third-order valence-electron chi connectivity index (χ3n) is 5.58. The first-order valence-corrected chi connectivity index (χ1v) is 9.67. The summed E-state index contributed by atoms with van der Waals surface area (Å²) in [5.41, 5.74) is 3.19. The van der Waals surface area contributed by atoms with Gasteiger partial charge in [0, 0.05) is 41.2 Å². The number of aryl methyl sites for hydroxylation is 1. The summed E-state index contributed by atoms with van der Waals surface area (Å²) in [5.74, 6) is 1.43. The minimum absolute atomic E-state index is 0.180. The van der Waals surface area contributed by atoms with Crippen molar-refractivity contribution < 1.29 is 4.79 Å². The average molecular weight is 358 g/mol. The molecule has 1 N–H and O–H groups in total. The molecule has 4 rings (SSSR count). The van der Waals surface area contributed by atoms with E-state index in [4.69, 9.17) is 16.6 Å². The van der Waals surface area contributed by atoms with Crippen LogP contribution in [0.4, 0.5) is 0 Å². The van der Waals surface area contributed by atoms with Crippen molar-refractivity contribution in [3.63, 3.8) is 0 Å². The molecule has 1 atom stereocenters. The number of amides is 1. The Morgan fingerprint density at radius 1 is 1.24 bits per heavy atom. The fraction of sp³-hybridized carbons (Fsp3) is 0.500. The predicted octanol–water partition coefficient (Wildman–Crippen LogP) is 4.55. The molecule has 0 spiro atoms. The number of imidazole rings is 1. The predicted molar refractivity (Wildman–Crippen MR) is 99.7 cm³/mol. The number of hydrogen-bond donors (Lipinski definition) is 1. The molecule has 2 heterocycles. The molecule has 25 heavy (non-hydrogen) atoms. The number of hydrogen-bond acceptors (Lipinski definition) is 2. The molecule has 4 nitrogen and oxygen atoms in total. The summed E-state index contributed by atoms with van der Waals surface area (Å²) in [6.07, 6.45) is 6.28. The van der Waals surface area contributed by atoms with Crippen LogP contribution in [0.5, 0.6) is 0 Å². The van der Waals surface area contributed by atoms with Crippen LogP contribution in [0, 0.1) is 0 Å². The molecule has 0 unspecified atom stereocenters. The third-order valence-corrected chi connectivity index (χ3v) is 5.83. The van der Waals surface area contributed by atoms with Crippen molar-refractivity contribution in [3.8, 4) is 11.3 Å². The first-order valence-electron chi connectivity index (χ1n) is 9.30. The van der Waals surface area contributed by atoms with Gasteiger partial charge in [0.15, 0.2) is 0 Å². The van der Waals surface area contributed by atoms with Crippen molar-refractivity contribution in [2.45, 2.75) is 57.4 Å². The maximum Gasteiger partial charge on any atom is 0.223 e. The quantitative estimate of drug-likeness (QED) is 0.872. The number of aromatic amines is 1. The third kappa shape index (κ3) is 3.20. The van der Waals surface area contributed by atoms with Gasteiger partial charge in [-0.3, -0.25) is 4.79 Å². The first kappa shape index (κ1) is 16.6. The fourth-order valence-corrected chi connectivity index (χ4v) is 4.34. The van der Waals surface area contributed by atoms with Gasteiger partial charge < -0.3 is 9.88 Å². The lowest BCUT2D eigenvalue weighted by molar-refractivity contribution is -0.129. The standard InChI is InChI=1S/C20H24ClN3O/c1-2-17-19(13-7-9-15(21)10-8-13)23-20(22-17)14-11-18(25)24(12-14)16-5-3-4-6-16/h7-10,14,16H,2-6,11-12H2,1H3,(H,22,23)/t14-/m1/s1. The molecule has 132 valence electrons. The largest absolute Gasteiger partial charge is 0.345 e. The number of rotatable bonds is 4. The fourth-order valence-electron chi connectivity index (χ4n) is 4.21. The highest BCUT2D eigenvalue weighted by Crippen LogP contribution is 2.34. The van der Waals surface area contributed by atoms with Gasteiger partial charge in [0.1, 0.15) is 5.82 Å². The second-order valence-corrected chi connectivity index (χ2v) is 7.63. The number of H-pyrrole nitrogens is 1. The van der Waals surface area contributed by atoms with Crippen LogP contribution in [0.3, 0.4) is 0 Å². The van der Waals surface area contributed by atoms with Crippen molar-refractivity contribution >= 4 is 17.5 Å². The minimum Gasteiger partial charge on any atom is -0.345 e. The lowest BCUT2D eigenvalue weighted by Crippen LogP contribution is -2.34. The Labute approximate surface area is 153 Å². The van der Waals surface area contributed by atoms with E-state index in [1.807, 2.05) is 24.3 Å². The lowest BCUT2D eigenvalue weighted by atomic mass is 10.1. The zero-order valence-electron chi connectivity index (χ0n) is 14.6. The van der Waals surface area contributed by atoms with Crippen molar-refractivity contribution in [2.24, 2.45) is 0 Å². The Bertz CT molecular complexity index is 762. The summed E-state index contributed by atoms with van der Waals surface area (Å²) >= 11 is 6.00. The topological polar surface area (TPSA) is 49.0 Å². The summed E-state index contributed by atoms with van der Waals surface area (Å²) in [7, 11) is 0. The van der Waals surface area contributed by atoms with Crippen LogP contribution in [0.1, 0.15) is 56.5 Å². The Morgan fingerprint density at radius 2 is 1.96 bits per heavy atom. The molecule has 0 radical (unpaired) electrons. The Kier molecular flexibility index (Phi) is 4.55. The second kappa shape index (κ2) is 6.83. The van der Waals surface area contributed by atoms with Crippen LogP contribution in [0.15, 0.2) is 24.3 Å². The molecule has 1 aliphatic carbocycles. The van der Waals surface area contributed by atoms with E-state index in [0.717, 1.165) is 53.6 Å². The molecule has 2 fully saturated rings. The van der Waals surface area contributed by atoms with E-state index in [0.29, 0.717) is 18.4 Å². The highest BCUT2D eigenvalue weighted by Gasteiger charge is 2.37. The highest BCUT2D eigenvalue weighted by atomic mass is 35.5. The maximum absolute atomic E-state index is 12.5. The van der Waals surface area contributed by atoms with Crippen molar-refractivity contribution in [1.29, 1.82) is 0 Å². The zero-order chi connectivity index (χ0) is 17.4. The summed E-state index contributed by atoms with van der Waals surface area (Å²) in [4.78, 5) is 23.0. The molecular formula is C20H24ClN3O. The molecule has 1 aromatic carbocycles. The summed E-state index contributed by atoms with van der Waals surface area (Å²) in [6.45, 7) is 2.93. The number of likely N-dealkylation sites (tertiary alicyclic amines) is 1. The molecule has 2 aliphatic rings. The Balaban J connectivity index is 1.59. The number of nitrogens with zero attached hydrogens (tertiary/aromatic N) is 2. The van der Waals surface area contributed by atoms with E-state index < -0.39 is 0 Å². The van der Waals surface area contributed by atoms with Gasteiger partial charge in [-0.2, -0.15) is 0 Å². The molecule has 1 amide bonds. The number of halogens is 1. The van der Waals surface area contributed by atoms with Crippen molar-refractivity contribution in [3.05, 3.63) is 40.8 Å². The van der Waals surface area contributed by atoms with Crippen LogP contribution in [-0.2, 0) is 11.2 Å². The lowest BCUT2D eigenvalue weighted by Gasteiger charge is -2.23. The van der Waals surface area contributed by atoms with Gasteiger partial charge in [-0.15, -0.1) is 0 Å². The second-order valence-electron chi connectivity index (χ2n) is 7.20. The number of aromatic nitrogens is 2.